The van der Waals surface area contributed by atoms with Crippen molar-refractivity contribution in [3.8, 4) is 17.1 Å². The minimum absolute atomic E-state index is 0.0901. The van der Waals surface area contributed by atoms with E-state index in [9.17, 15) is 4.79 Å². The van der Waals surface area contributed by atoms with Crippen LogP contribution < -0.4 is 10.3 Å². The van der Waals surface area contributed by atoms with Crippen LogP contribution in [-0.4, -0.2) is 9.36 Å². The molecule has 0 aliphatic rings. The van der Waals surface area contributed by atoms with E-state index < -0.39 is 0 Å². The molecule has 5 heteroatoms. The average Bonchev–Trinajstić information content (AvgIpc) is 3.11. The largest absolute Gasteiger partial charge is 0.489 e. The Morgan fingerprint density at radius 1 is 0.710 bits per heavy atom. The lowest BCUT2D eigenvalue weighted by Gasteiger charge is -2.14. The van der Waals surface area contributed by atoms with Crippen molar-refractivity contribution in [3.63, 3.8) is 0 Å². The van der Waals surface area contributed by atoms with Crippen LogP contribution in [-0.2, 0) is 6.61 Å². The molecule has 0 spiro atoms. The molecule has 0 N–H and O–H groups in total. The molecule has 1 heterocycles. The summed E-state index contributed by atoms with van der Waals surface area (Å²) in [5.41, 5.74) is 3.52. The Morgan fingerprint density at radius 2 is 1.35 bits per heavy atom. The fourth-order valence-corrected chi connectivity index (χ4v) is 3.88. The van der Waals surface area contributed by atoms with Crippen molar-refractivity contribution in [3.05, 3.63) is 119 Å². The number of para-hydroxylation sites is 1. The molecule has 152 valence electrons. The highest BCUT2D eigenvalue weighted by atomic mass is 32.1. The van der Waals surface area contributed by atoms with E-state index in [-0.39, 0.29) is 5.56 Å². The Morgan fingerprint density at radius 3 is 2.06 bits per heavy atom. The summed E-state index contributed by atoms with van der Waals surface area (Å²) in [6, 6.07) is 33.1. The van der Waals surface area contributed by atoms with Crippen LogP contribution in [0.1, 0.15) is 5.56 Å². The molecule has 0 bridgehead atoms. The summed E-state index contributed by atoms with van der Waals surface area (Å²) in [5, 5.41) is 0.626. The number of rotatable bonds is 5. The van der Waals surface area contributed by atoms with Crippen molar-refractivity contribution >= 4 is 23.5 Å². The quantitative estimate of drug-likeness (QED) is 0.370. The number of thiol groups is 1. The third-order valence-corrected chi connectivity index (χ3v) is 5.44. The van der Waals surface area contributed by atoms with Crippen molar-refractivity contribution in [2.75, 3.05) is 0 Å². The molecular formula is C26H20N2O2S. The van der Waals surface area contributed by atoms with Crippen molar-refractivity contribution in [2.24, 2.45) is 0 Å². The molecule has 1 aromatic heterocycles. The summed E-state index contributed by atoms with van der Waals surface area (Å²) < 4.78 is 9.52. The molecular weight excluding hydrogens is 404 g/mol. The molecule has 0 atom stereocenters. The summed E-state index contributed by atoms with van der Waals surface area (Å²) >= 11 is 4.42. The summed E-state index contributed by atoms with van der Waals surface area (Å²) in [7, 11) is 0. The van der Waals surface area contributed by atoms with Gasteiger partial charge in [0.25, 0.3) is 5.56 Å². The molecule has 4 aromatic carbocycles. The zero-order valence-corrected chi connectivity index (χ0v) is 17.6. The minimum Gasteiger partial charge on any atom is -0.489 e. The summed E-state index contributed by atoms with van der Waals surface area (Å²) in [6.07, 6.45) is 0. The van der Waals surface area contributed by atoms with Gasteiger partial charge in [-0.15, -0.1) is 12.6 Å². The van der Waals surface area contributed by atoms with E-state index in [1.165, 1.54) is 0 Å². The Hall–Kier alpha value is -3.70. The number of fused-ring (bicyclic) bond motifs is 1. The number of hydrogen-bond donors (Lipinski definition) is 1. The highest BCUT2D eigenvalue weighted by Crippen LogP contribution is 2.24. The SMILES string of the molecule is O=c1c2cc(S)ccc2n(-c2ccccc2)n1-c1ccc(OCc2ccccc2)cc1. The monoisotopic (exact) mass is 424 g/mol. The zero-order chi connectivity index (χ0) is 21.2. The van der Waals surface area contributed by atoms with E-state index in [1.54, 1.807) is 4.68 Å². The molecule has 0 saturated carbocycles. The third kappa shape index (κ3) is 3.76. The van der Waals surface area contributed by atoms with Gasteiger partial charge in [-0.2, -0.15) is 0 Å². The van der Waals surface area contributed by atoms with Gasteiger partial charge in [0.15, 0.2) is 0 Å². The van der Waals surface area contributed by atoms with Crippen LogP contribution in [0.25, 0.3) is 22.3 Å². The van der Waals surface area contributed by atoms with Gasteiger partial charge in [0.05, 0.1) is 22.3 Å². The van der Waals surface area contributed by atoms with E-state index in [0.717, 1.165) is 33.1 Å². The predicted octanol–water partition coefficient (Wildman–Crippen LogP) is 5.65. The lowest BCUT2D eigenvalue weighted by atomic mass is 10.2. The van der Waals surface area contributed by atoms with Gasteiger partial charge in [-0.25, -0.2) is 9.36 Å². The Bertz CT molecular complexity index is 1390. The lowest BCUT2D eigenvalue weighted by Crippen LogP contribution is -2.20. The van der Waals surface area contributed by atoms with Gasteiger partial charge < -0.3 is 4.74 Å². The van der Waals surface area contributed by atoms with E-state index >= 15 is 0 Å². The normalized spacial score (nSPS) is 11.0. The van der Waals surface area contributed by atoms with Gasteiger partial charge >= 0.3 is 0 Å². The number of hydrogen-bond acceptors (Lipinski definition) is 3. The summed E-state index contributed by atoms with van der Waals surface area (Å²) in [4.78, 5) is 14.1. The van der Waals surface area contributed by atoms with Crippen LogP contribution in [0.2, 0.25) is 0 Å². The Kier molecular flexibility index (Phi) is 5.10. The Labute approximate surface area is 185 Å². The fourth-order valence-electron chi connectivity index (χ4n) is 3.67. The smallest absolute Gasteiger partial charge is 0.279 e. The van der Waals surface area contributed by atoms with Gasteiger partial charge in [0, 0.05) is 4.90 Å². The molecule has 5 rings (SSSR count). The molecule has 0 radical (unpaired) electrons. The molecule has 0 amide bonds. The second-order valence-corrected chi connectivity index (χ2v) is 7.75. The molecule has 0 unspecified atom stereocenters. The van der Waals surface area contributed by atoms with Crippen LogP contribution in [0.3, 0.4) is 0 Å². The fraction of sp³-hybridized carbons (Fsp3) is 0.0385. The molecule has 0 aliphatic heterocycles. The van der Waals surface area contributed by atoms with Crippen LogP contribution in [0.15, 0.2) is 113 Å². The lowest BCUT2D eigenvalue weighted by molar-refractivity contribution is 0.306. The van der Waals surface area contributed by atoms with E-state index in [0.29, 0.717) is 12.0 Å². The van der Waals surface area contributed by atoms with Crippen molar-refractivity contribution < 1.29 is 4.74 Å². The minimum atomic E-state index is -0.0901. The summed E-state index contributed by atoms with van der Waals surface area (Å²) in [5.74, 6) is 0.751. The maximum absolute atomic E-state index is 13.3. The predicted molar refractivity (Wildman–Crippen MR) is 127 cm³/mol. The maximum Gasteiger partial charge on any atom is 0.279 e. The van der Waals surface area contributed by atoms with Crippen LogP contribution in [0.4, 0.5) is 0 Å². The standard InChI is InChI=1S/C26H20N2O2S/c29-26-24-17-23(31)15-16-25(24)27(20-9-5-2-6-10-20)28(26)21-11-13-22(14-12-21)30-18-19-7-3-1-4-8-19/h1-17,31H,18H2. The number of benzene rings is 4. The first-order valence-electron chi connectivity index (χ1n) is 10.00. The van der Waals surface area contributed by atoms with Crippen molar-refractivity contribution in [1.82, 2.24) is 9.36 Å². The van der Waals surface area contributed by atoms with E-state index in [1.807, 2.05) is 108 Å². The number of ether oxygens (including phenoxy) is 1. The molecule has 31 heavy (non-hydrogen) atoms. The average molecular weight is 425 g/mol. The first kappa shape index (κ1) is 19.3. The topological polar surface area (TPSA) is 36.2 Å². The van der Waals surface area contributed by atoms with Gasteiger partial charge in [-0.05, 0) is 60.2 Å². The van der Waals surface area contributed by atoms with Crippen molar-refractivity contribution in [2.45, 2.75) is 11.5 Å². The molecule has 0 saturated heterocycles. The van der Waals surface area contributed by atoms with Crippen molar-refractivity contribution in [1.29, 1.82) is 0 Å². The van der Waals surface area contributed by atoms with Gasteiger partial charge in [-0.1, -0.05) is 48.5 Å². The molecule has 0 fully saturated rings. The molecule has 5 aromatic rings. The molecule has 0 aliphatic carbocycles. The zero-order valence-electron chi connectivity index (χ0n) is 16.7. The second-order valence-electron chi connectivity index (χ2n) is 7.23. The highest BCUT2D eigenvalue weighted by Gasteiger charge is 2.16. The number of nitrogens with zero attached hydrogens (tertiary/aromatic N) is 2. The van der Waals surface area contributed by atoms with Crippen LogP contribution in [0.5, 0.6) is 5.75 Å². The Balaban J connectivity index is 1.57. The maximum atomic E-state index is 13.3. The number of aromatic nitrogens is 2. The molecule has 4 nitrogen and oxygen atoms in total. The van der Waals surface area contributed by atoms with Gasteiger partial charge in [-0.3, -0.25) is 4.79 Å². The van der Waals surface area contributed by atoms with Crippen LogP contribution in [0, 0.1) is 0 Å². The van der Waals surface area contributed by atoms with E-state index in [2.05, 4.69) is 12.6 Å². The first-order valence-corrected chi connectivity index (χ1v) is 10.4. The van der Waals surface area contributed by atoms with E-state index in [4.69, 9.17) is 4.74 Å². The van der Waals surface area contributed by atoms with Gasteiger partial charge in [0.1, 0.15) is 12.4 Å². The van der Waals surface area contributed by atoms with Crippen LogP contribution >= 0.6 is 12.6 Å². The summed E-state index contributed by atoms with van der Waals surface area (Å²) in [6.45, 7) is 0.495. The highest BCUT2D eigenvalue weighted by molar-refractivity contribution is 7.80. The second kappa shape index (κ2) is 8.20. The third-order valence-electron chi connectivity index (χ3n) is 5.16. The van der Waals surface area contributed by atoms with Gasteiger partial charge in [0.2, 0.25) is 0 Å². The first-order chi connectivity index (χ1) is 15.2.